The van der Waals surface area contributed by atoms with E-state index in [1.165, 1.54) is 0 Å². The van der Waals surface area contributed by atoms with Crippen LogP contribution >= 0.6 is 0 Å². The Balaban J connectivity index is 1.46. The van der Waals surface area contributed by atoms with E-state index in [4.69, 9.17) is 4.42 Å². The number of carbonyl (C=O) groups excluding carboxylic acids is 1. The van der Waals surface area contributed by atoms with E-state index in [2.05, 4.69) is 10.3 Å². The van der Waals surface area contributed by atoms with Gasteiger partial charge in [0, 0.05) is 29.1 Å². The van der Waals surface area contributed by atoms with E-state index in [0.29, 0.717) is 12.0 Å². The van der Waals surface area contributed by atoms with Crippen LogP contribution in [0.2, 0.25) is 0 Å². The number of pyridine rings is 1. The average molecular weight is 336 g/mol. The van der Waals surface area contributed by atoms with Gasteiger partial charge in [0.05, 0.1) is 18.1 Å². The zero-order valence-electron chi connectivity index (χ0n) is 13.8. The molecule has 2 aromatic heterocycles. The zero-order valence-corrected chi connectivity index (χ0v) is 13.8. The predicted octanol–water partition coefficient (Wildman–Crippen LogP) is 3.25. The monoisotopic (exact) mass is 336 g/mol. The van der Waals surface area contributed by atoms with Gasteiger partial charge in [-0.2, -0.15) is 0 Å². The van der Waals surface area contributed by atoms with Crippen LogP contribution in [0, 0.1) is 0 Å². The molecule has 2 heterocycles. The minimum absolute atomic E-state index is 0.0255. The number of aromatic nitrogens is 1. The number of benzene rings is 1. The van der Waals surface area contributed by atoms with Crippen LogP contribution in [0.5, 0.6) is 0 Å². The summed E-state index contributed by atoms with van der Waals surface area (Å²) in [4.78, 5) is 16.8. The lowest BCUT2D eigenvalue weighted by Crippen LogP contribution is -2.42. The molecule has 1 aliphatic rings. The zero-order chi connectivity index (χ0) is 17.2. The summed E-state index contributed by atoms with van der Waals surface area (Å²) >= 11 is 0. The lowest BCUT2D eigenvalue weighted by atomic mass is 9.80. The van der Waals surface area contributed by atoms with Crippen molar-refractivity contribution in [2.75, 3.05) is 0 Å². The molecule has 0 bridgehead atoms. The third-order valence-electron chi connectivity index (χ3n) is 4.95. The highest BCUT2D eigenvalue weighted by Gasteiger charge is 2.33. The van der Waals surface area contributed by atoms with Crippen LogP contribution in [0.15, 0.2) is 59.3 Å². The van der Waals surface area contributed by atoms with Crippen molar-refractivity contribution in [1.29, 1.82) is 0 Å². The molecule has 1 fully saturated rings. The summed E-state index contributed by atoms with van der Waals surface area (Å²) in [5, 5.41) is 14.6. The van der Waals surface area contributed by atoms with Crippen molar-refractivity contribution in [1.82, 2.24) is 10.3 Å². The molecule has 1 aliphatic carbocycles. The number of furan rings is 1. The maximum absolute atomic E-state index is 12.3. The molecule has 5 nitrogen and oxygen atoms in total. The minimum atomic E-state index is -0.539. The lowest BCUT2D eigenvalue weighted by molar-refractivity contribution is 0.0763. The Bertz CT molecular complexity index is 875. The molecule has 3 unspecified atom stereocenters. The first-order chi connectivity index (χ1) is 12.2. The smallest absolute Gasteiger partial charge is 0.251 e. The molecule has 0 spiro atoms. The summed E-state index contributed by atoms with van der Waals surface area (Å²) in [5.74, 6) is -0.127. The van der Waals surface area contributed by atoms with E-state index in [1.54, 1.807) is 24.6 Å². The van der Waals surface area contributed by atoms with Crippen LogP contribution in [0.3, 0.4) is 0 Å². The quantitative estimate of drug-likeness (QED) is 0.770. The molecule has 0 aliphatic heterocycles. The van der Waals surface area contributed by atoms with E-state index >= 15 is 0 Å². The van der Waals surface area contributed by atoms with E-state index in [0.717, 1.165) is 29.5 Å². The van der Waals surface area contributed by atoms with E-state index < -0.39 is 6.10 Å². The Labute approximate surface area is 145 Å². The summed E-state index contributed by atoms with van der Waals surface area (Å²) in [6.45, 7) is 0. The minimum Gasteiger partial charge on any atom is -0.464 e. The third-order valence-corrected chi connectivity index (χ3v) is 4.95. The molecule has 3 atom stereocenters. The largest absolute Gasteiger partial charge is 0.464 e. The van der Waals surface area contributed by atoms with Crippen LogP contribution in [0.4, 0.5) is 0 Å². The molecule has 0 saturated heterocycles. The van der Waals surface area contributed by atoms with E-state index in [9.17, 15) is 9.90 Å². The van der Waals surface area contributed by atoms with Crippen molar-refractivity contribution in [3.05, 3.63) is 66.2 Å². The highest BCUT2D eigenvalue weighted by molar-refractivity contribution is 5.94. The fraction of sp³-hybridized carbons (Fsp3) is 0.300. The second kappa shape index (κ2) is 6.69. The number of nitrogens with zero attached hydrogens (tertiary/aromatic N) is 1. The number of fused-ring (bicyclic) bond motifs is 1. The number of amides is 1. The summed E-state index contributed by atoms with van der Waals surface area (Å²) < 4.78 is 5.43. The SMILES string of the molecule is O=C(NC1CCC(c2nccc3occc23)C(O)C1)c1ccccc1. The molecule has 3 aromatic rings. The molecule has 5 heteroatoms. The second-order valence-corrected chi connectivity index (χ2v) is 6.55. The Morgan fingerprint density at radius 3 is 2.80 bits per heavy atom. The molecule has 1 amide bonds. The molecule has 2 N–H and O–H groups in total. The van der Waals surface area contributed by atoms with Crippen LogP contribution in [0.25, 0.3) is 11.0 Å². The highest BCUT2D eigenvalue weighted by atomic mass is 16.3. The van der Waals surface area contributed by atoms with Crippen LogP contribution in [-0.4, -0.2) is 28.1 Å². The van der Waals surface area contributed by atoms with Gasteiger partial charge in [0.2, 0.25) is 0 Å². The van der Waals surface area contributed by atoms with Gasteiger partial charge in [-0.3, -0.25) is 9.78 Å². The van der Waals surface area contributed by atoms with Crippen molar-refractivity contribution in [2.24, 2.45) is 0 Å². The maximum Gasteiger partial charge on any atom is 0.251 e. The fourth-order valence-electron chi connectivity index (χ4n) is 3.67. The Morgan fingerprint density at radius 2 is 2.00 bits per heavy atom. The van der Waals surface area contributed by atoms with Crippen molar-refractivity contribution < 1.29 is 14.3 Å². The first kappa shape index (κ1) is 15.8. The summed E-state index contributed by atoms with van der Waals surface area (Å²) in [6, 6.07) is 12.9. The second-order valence-electron chi connectivity index (χ2n) is 6.55. The standard InChI is InChI=1S/C20H20N2O3/c23-17-12-14(22-20(24)13-4-2-1-3-5-13)6-7-15(17)19-16-9-11-25-18(16)8-10-21-19/h1-5,8-11,14-15,17,23H,6-7,12H2,(H,22,24). The molecular formula is C20H20N2O3. The van der Waals surface area contributed by atoms with Crippen LogP contribution in [0.1, 0.15) is 41.2 Å². The van der Waals surface area contributed by atoms with Gasteiger partial charge in [0.1, 0.15) is 5.58 Å². The van der Waals surface area contributed by atoms with Gasteiger partial charge >= 0.3 is 0 Å². The molecule has 4 rings (SSSR count). The van der Waals surface area contributed by atoms with Crippen molar-refractivity contribution in [3.63, 3.8) is 0 Å². The highest BCUT2D eigenvalue weighted by Crippen LogP contribution is 2.35. The first-order valence-corrected chi connectivity index (χ1v) is 8.58. The molecule has 0 radical (unpaired) electrons. The van der Waals surface area contributed by atoms with Crippen molar-refractivity contribution >= 4 is 16.9 Å². The number of hydrogen-bond donors (Lipinski definition) is 2. The van der Waals surface area contributed by atoms with Gasteiger partial charge in [0.15, 0.2) is 0 Å². The normalized spacial score (nSPS) is 23.5. The number of aliphatic hydroxyl groups is 1. The predicted molar refractivity (Wildman–Crippen MR) is 94.3 cm³/mol. The maximum atomic E-state index is 12.3. The van der Waals surface area contributed by atoms with Gasteiger partial charge in [0.25, 0.3) is 5.91 Å². The van der Waals surface area contributed by atoms with Gasteiger partial charge in [-0.1, -0.05) is 18.2 Å². The number of nitrogens with one attached hydrogen (secondary N) is 1. The van der Waals surface area contributed by atoms with E-state index in [1.807, 2.05) is 30.3 Å². The number of hydrogen-bond acceptors (Lipinski definition) is 4. The van der Waals surface area contributed by atoms with Crippen LogP contribution < -0.4 is 5.32 Å². The van der Waals surface area contributed by atoms with Crippen molar-refractivity contribution in [2.45, 2.75) is 37.3 Å². The lowest BCUT2D eigenvalue weighted by Gasteiger charge is -2.33. The fourth-order valence-corrected chi connectivity index (χ4v) is 3.67. The van der Waals surface area contributed by atoms with Gasteiger partial charge < -0.3 is 14.8 Å². The van der Waals surface area contributed by atoms with Crippen LogP contribution in [-0.2, 0) is 0 Å². The molecular weight excluding hydrogens is 316 g/mol. The Kier molecular flexibility index (Phi) is 4.24. The van der Waals surface area contributed by atoms with E-state index in [-0.39, 0.29) is 17.9 Å². The molecule has 25 heavy (non-hydrogen) atoms. The Morgan fingerprint density at radius 1 is 1.16 bits per heavy atom. The van der Waals surface area contributed by atoms with Gasteiger partial charge in [-0.05, 0) is 43.5 Å². The molecule has 128 valence electrons. The molecule has 1 saturated carbocycles. The topological polar surface area (TPSA) is 75.4 Å². The summed E-state index contributed by atoms with van der Waals surface area (Å²) in [7, 11) is 0. The number of rotatable bonds is 3. The first-order valence-electron chi connectivity index (χ1n) is 8.58. The molecule has 1 aromatic carbocycles. The number of carbonyl (C=O) groups is 1. The summed E-state index contributed by atoms with van der Waals surface area (Å²) in [5.41, 5.74) is 2.31. The van der Waals surface area contributed by atoms with Gasteiger partial charge in [-0.15, -0.1) is 0 Å². The Hall–Kier alpha value is -2.66. The summed E-state index contributed by atoms with van der Waals surface area (Å²) in [6.07, 6.45) is 4.95. The number of aliphatic hydroxyl groups excluding tert-OH is 1. The van der Waals surface area contributed by atoms with Crippen molar-refractivity contribution in [3.8, 4) is 0 Å². The van der Waals surface area contributed by atoms with Gasteiger partial charge in [-0.25, -0.2) is 0 Å². The average Bonchev–Trinajstić information content (AvgIpc) is 3.11. The third kappa shape index (κ3) is 3.15.